The molecule has 0 saturated heterocycles. The van der Waals surface area contributed by atoms with Gasteiger partial charge in [-0.15, -0.1) is 0 Å². The fourth-order valence-electron chi connectivity index (χ4n) is 3.15. The number of nitrogens with one attached hydrogen (secondary N) is 1. The highest BCUT2D eigenvalue weighted by Gasteiger charge is 2.28. The Bertz CT molecular complexity index is 1050. The number of benzene rings is 2. The Hall–Kier alpha value is -4.02. The van der Waals surface area contributed by atoms with Gasteiger partial charge in [-0.2, -0.15) is 0 Å². The third-order valence-electron chi connectivity index (χ3n) is 4.69. The lowest BCUT2D eigenvalue weighted by Gasteiger charge is -2.18. The minimum atomic E-state index is -1.02. The summed E-state index contributed by atoms with van der Waals surface area (Å²) >= 11 is 0. The Morgan fingerprint density at radius 1 is 1.06 bits per heavy atom. The molecule has 162 valence electrons. The van der Waals surface area contributed by atoms with Gasteiger partial charge in [-0.1, -0.05) is 6.07 Å². The molecule has 31 heavy (non-hydrogen) atoms. The number of hydrogen-bond donors (Lipinski definition) is 1. The molecule has 4 rings (SSSR count). The van der Waals surface area contributed by atoms with E-state index in [0.29, 0.717) is 11.5 Å². The van der Waals surface area contributed by atoms with E-state index in [1.165, 1.54) is 6.07 Å². The van der Waals surface area contributed by atoms with Crippen molar-refractivity contribution in [1.29, 1.82) is 0 Å². The first kappa shape index (κ1) is 20.3. The molecule has 11 heteroatoms. The highest BCUT2D eigenvalue weighted by molar-refractivity contribution is 5.96. The molecular formula is C20H18N2O9. The van der Waals surface area contributed by atoms with Crippen molar-refractivity contribution in [2.75, 3.05) is 26.6 Å². The molecule has 0 saturated carbocycles. The molecule has 1 unspecified atom stereocenters. The average Bonchev–Trinajstić information content (AvgIpc) is 3.24. The van der Waals surface area contributed by atoms with Gasteiger partial charge >= 0.3 is 5.97 Å². The Morgan fingerprint density at radius 3 is 2.48 bits per heavy atom. The van der Waals surface area contributed by atoms with E-state index in [-0.39, 0.29) is 37.1 Å². The van der Waals surface area contributed by atoms with Gasteiger partial charge in [0.2, 0.25) is 6.79 Å². The molecular weight excluding hydrogens is 412 g/mol. The van der Waals surface area contributed by atoms with Gasteiger partial charge in [-0.3, -0.25) is 14.9 Å². The van der Waals surface area contributed by atoms with E-state index in [9.17, 15) is 19.7 Å². The van der Waals surface area contributed by atoms with Crippen LogP contribution in [-0.4, -0.2) is 43.4 Å². The van der Waals surface area contributed by atoms with E-state index < -0.39 is 35.1 Å². The monoisotopic (exact) mass is 430 g/mol. The van der Waals surface area contributed by atoms with Gasteiger partial charge in [-0.05, 0) is 24.6 Å². The Morgan fingerprint density at radius 2 is 1.74 bits per heavy atom. The molecule has 2 aliphatic heterocycles. The van der Waals surface area contributed by atoms with Gasteiger partial charge in [0.15, 0.2) is 29.6 Å². The molecule has 0 spiro atoms. The van der Waals surface area contributed by atoms with E-state index in [4.69, 9.17) is 23.7 Å². The smallest absolute Gasteiger partial charge is 0.345 e. The van der Waals surface area contributed by atoms with E-state index in [2.05, 4.69) is 5.32 Å². The quantitative estimate of drug-likeness (QED) is 0.415. The maximum absolute atomic E-state index is 12.4. The first-order chi connectivity index (χ1) is 14.9. The van der Waals surface area contributed by atoms with Crippen molar-refractivity contribution in [3.63, 3.8) is 0 Å². The first-order valence-corrected chi connectivity index (χ1v) is 9.36. The van der Waals surface area contributed by atoms with Gasteiger partial charge in [0.25, 0.3) is 11.6 Å². The molecule has 0 fully saturated rings. The molecule has 11 nitrogen and oxygen atoms in total. The van der Waals surface area contributed by atoms with Crippen molar-refractivity contribution in [2.24, 2.45) is 0 Å². The maximum Gasteiger partial charge on any atom is 0.345 e. The van der Waals surface area contributed by atoms with Crippen molar-refractivity contribution in [1.82, 2.24) is 5.32 Å². The zero-order chi connectivity index (χ0) is 22.0. The van der Waals surface area contributed by atoms with Crippen molar-refractivity contribution in [2.45, 2.75) is 13.0 Å². The van der Waals surface area contributed by atoms with Crippen LogP contribution in [0.5, 0.6) is 23.0 Å². The van der Waals surface area contributed by atoms with Crippen LogP contribution in [0, 0.1) is 10.1 Å². The Labute approximate surface area is 175 Å². The summed E-state index contributed by atoms with van der Waals surface area (Å²) in [4.78, 5) is 35.2. The third-order valence-corrected chi connectivity index (χ3v) is 4.69. The molecule has 0 radical (unpaired) electrons. The van der Waals surface area contributed by atoms with Crippen LogP contribution < -0.4 is 24.3 Å². The minimum Gasteiger partial charge on any atom is -0.486 e. The van der Waals surface area contributed by atoms with Crippen LogP contribution in [0.15, 0.2) is 30.3 Å². The van der Waals surface area contributed by atoms with Crippen molar-refractivity contribution < 1.29 is 38.2 Å². The van der Waals surface area contributed by atoms with Crippen LogP contribution in [0.1, 0.15) is 28.9 Å². The van der Waals surface area contributed by atoms with Gasteiger partial charge < -0.3 is 29.0 Å². The number of carbonyl (C=O) groups is 2. The van der Waals surface area contributed by atoms with Crippen LogP contribution in [0.2, 0.25) is 0 Å². The van der Waals surface area contributed by atoms with Crippen molar-refractivity contribution in [3.8, 4) is 23.0 Å². The summed E-state index contributed by atoms with van der Waals surface area (Å²) in [5, 5.41) is 14.0. The molecule has 2 aromatic carbocycles. The largest absolute Gasteiger partial charge is 0.486 e. The number of rotatable bonds is 6. The lowest BCUT2D eigenvalue weighted by atomic mass is 10.1. The second kappa shape index (κ2) is 8.38. The van der Waals surface area contributed by atoms with Crippen molar-refractivity contribution >= 4 is 17.6 Å². The summed E-state index contributed by atoms with van der Waals surface area (Å²) in [6.45, 7) is 1.78. The lowest BCUT2D eigenvalue weighted by Crippen LogP contribution is -2.31. The van der Waals surface area contributed by atoms with Crippen LogP contribution in [-0.2, 0) is 9.53 Å². The number of ether oxygens (including phenoxy) is 5. The predicted molar refractivity (Wildman–Crippen MR) is 103 cm³/mol. The topological polar surface area (TPSA) is 135 Å². The van der Waals surface area contributed by atoms with E-state index in [0.717, 1.165) is 11.6 Å². The van der Waals surface area contributed by atoms with Crippen LogP contribution >= 0.6 is 0 Å². The van der Waals surface area contributed by atoms with E-state index >= 15 is 0 Å². The number of nitro benzene ring substituents is 1. The molecule has 0 aliphatic carbocycles. The summed E-state index contributed by atoms with van der Waals surface area (Å²) < 4.78 is 26.2. The normalized spacial score (nSPS) is 14.5. The standard InChI is InChI=1S/C20H18N2O9/c1-11(12-2-3-15-16(6-12)31-10-30-15)21-19(23)9-29-20(24)13-7-17-18(28-5-4-27-17)8-14(13)22(25)26/h2-3,6-8,11H,4-5,9-10H2,1H3,(H,21,23). The van der Waals surface area contributed by atoms with Crippen LogP contribution in [0.3, 0.4) is 0 Å². The number of nitrogens with zero attached hydrogens (tertiary/aromatic N) is 1. The molecule has 2 heterocycles. The summed E-state index contributed by atoms with van der Waals surface area (Å²) in [5.41, 5.74) is -0.0549. The predicted octanol–water partition coefficient (Wildman–Crippen LogP) is 2.13. The lowest BCUT2D eigenvalue weighted by molar-refractivity contribution is -0.385. The molecule has 1 atom stereocenters. The average molecular weight is 430 g/mol. The molecule has 1 N–H and O–H groups in total. The summed E-state index contributed by atoms with van der Waals surface area (Å²) in [5.74, 6) is -0.0177. The second-order valence-corrected chi connectivity index (χ2v) is 6.75. The minimum absolute atomic E-state index is 0.140. The van der Waals surface area contributed by atoms with Gasteiger partial charge in [0.1, 0.15) is 18.8 Å². The van der Waals surface area contributed by atoms with Gasteiger partial charge in [0, 0.05) is 6.07 Å². The summed E-state index contributed by atoms with van der Waals surface area (Å²) in [6.07, 6.45) is 0. The van der Waals surface area contributed by atoms with Gasteiger partial charge in [0.05, 0.1) is 17.0 Å². The van der Waals surface area contributed by atoms with Crippen LogP contribution in [0.25, 0.3) is 0 Å². The molecule has 0 bridgehead atoms. The number of fused-ring (bicyclic) bond motifs is 2. The van der Waals surface area contributed by atoms with Crippen molar-refractivity contribution in [3.05, 3.63) is 51.6 Å². The third kappa shape index (κ3) is 4.29. The molecule has 1 amide bonds. The Kier molecular flexibility index (Phi) is 5.48. The van der Waals surface area contributed by atoms with Gasteiger partial charge in [-0.25, -0.2) is 4.79 Å². The molecule has 0 aromatic heterocycles. The van der Waals surface area contributed by atoms with E-state index in [1.807, 2.05) is 0 Å². The zero-order valence-corrected chi connectivity index (χ0v) is 16.4. The second-order valence-electron chi connectivity index (χ2n) is 6.75. The SMILES string of the molecule is CC(NC(=O)COC(=O)c1cc2c(cc1[N+](=O)[O-])OCCO2)c1ccc2c(c1)OCO2. The number of amides is 1. The number of hydrogen-bond acceptors (Lipinski definition) is 9. The maximum atomic E-state index is 12.4. The highest BCUT2D eigenvalue weighted by atomic mass is 16.7. The number of carbonyl (C=O) groups excluding carboxylic acids is 2. The fourth-order valence-corrected chi connectivity index (χ4v) is 3.15. The first-order valence-electron chi connectivity index (χ1n) is 9.36. The molecule has 2 aliphatic rings. The van der Waals surface area contributed by atoms with Crippen LogP contribution in [0.4, 0.5) is 5.69 Å². The summed E-state index contributed by atoms with van der Waals surface area (Å²) in [7, 11) is 0. The highest BCUT2D eigenvalue weighted by Crippen LogP contribution is 2.37. The Balaban J connectivity index is 1.39. The number of esters is 1. The zero-order valence-electron chi connectivity index (χ0n) is 16.4. The van der Waals surface area contributed by atoms with E-state index in [1.54, 1.807) is 25.1 Å². The fraction of sp³-hybridized carbons (Fsp3) is 0.300. The number of nitro groups is 1. The summed E-state index contributed by atoms with van der Waals surface area (Å²) in [6, 6.07) is 7.15. The molecule has 2 aromatic rings.